The van der Waals surface area contributed by atoms with E-state index in [4.69, 9.17) is 9.47 Å². The number of carbonyl (C=O) groups is 2. The number of nitrogens with one attached hydrogen (secondary N) is 2. The number of nitrogens with zero attached hydrogens (tertiary/aromatic N) is 3. The third-order valence-corrected chi connectivity index (χ3v) is 8.23. The van der Waals surface area contributed by atoms with Gasteiger partial charge >= 0.3 is 0 Å². The summed E-state index contributed by atoms with van der Waals surface area (Å²) in [6, 6.07) is 9.94. The highest BCUT2D eigenvalue weighted by atomic mass is 19.3. The average molecular weight is 596 g/mol. The van der Waals surface area contributed by atoms with Gasteiger partial charge in [0.25, 0.3) is 18.2 Å². The number of hydrogen-bond acceptors (Lipinski definition) is 7. The minimum atomic E-state index is -2.95. The monoisotopic (exact) mass is 595 g/mol. The summed E-state index contributed by atoms with van der Waals surface area (Å²) >= 11 is 0. The smallest absolute Gasteiger partial charge is 0.274 e. The fourth-order valence-electron chi connectivity index (χ4n) is 6.14. The van der Waals surface area contributed by atoms with Gasteiger partial charge in [-0.05, 0) is 75.2 Å². The molecule has 3 fully saturated rings. The molecule has 3 aliphatic rings. The molecule has 9 nitrogen and oxygen atoms in total. The molecule has 6 rings (SSSR count). The van der Waals surface area contributed by atoms with E-state index in [0.717, 1.165) is 25.1 Å². The molecule has 4 heterocycles. The Kier molecular flexibility index (Phi) is 7.95. The summed E-state index contributed by atoms with van der Waals surface area (Å²) in [5, 5.41) is 6.27. The van der Waals surface area contributed by atoms with Crippen LogP contribution in [-0.2, 0) is 0 Å². The molecular weight excluding hydrogens is 563 g/mol. The first-order valence-electron chi connectivity index (χ1n) is 14.4. The minimum absolute atomic E-state index is 0.0136. The molecule has 2 amide bonds. The number of hydrogen-bond donors (Lipinski definition) is 2. The Labute approximate surface area is 246 Å². The van der Waals surface area contributed by atoms with Gasteiger partial charge in [0.05, 0.1) is 17.9 Å². The highest BCUT2D eigenvalue weighted by Crippen LogP contribution is 2.50. The van der Waals surface area contributed by atoms with Crippen molar-refractivity contribution < 1.29 is 32.2 Å². The van der Waals surface area contributed by atoms with Crippen LogP contribution in [0.5, 0.6) is 11.6 Å². The predicted octanol–water partition coefficient (Wildman–Crippen LogP) is 4.39. The summed E-state index contributed by atoms with van der Waals surface area (Å²) in [5.41, 5.74) is 0.386. The first-order chi connectivity index (χ1) is 20.7. The molecule has 3 aromatic rings. The summed E-state index contributed by atoms with van der Waals surface area (Å²) in [4.78, 5) is 36.8. The maximum Gasteiger partial charge on any atom is 0.274 e. The molecule has 2 N–H and O–H groups in total. The number of rotatable bonds is 9. The normalized spacial score (nSPS) is 19.2. The Hall–Kier alpha value is -4.19. The number of pyridine rings is 2. The van der Waals surface area contributed by atoms with Gasteiger partial charge in [-0.1, -0.05) is 0 Å². The van der Waals surface area contributed by atoms with E-state index in [1.165, 1.54) is 4.90 Å². The summed E-state index contributed by atoms with van der Waals surface area (Å²) in [6.07, 6.45) is 0.556. The van der Waals surface area contributed by atoms with Crippen molar-refractivity contribution >= 4 is 11.8 Å². The Balaban J connectivity index is 1.15. The van der Waals surface area contributed by atoms with Crippen molar-refractivity contribution in [3.05, 3.63) is 71.3 Å². The maximum atomic E-state index is 13.5. The zero-order chi connectivity index (χ0) is 30.1. The molecule has 2 aromatic heterocycles. The number of benzene rings is 1. The van der Waals surface area contributed by atoms with Gasteiger partial charge in [-0.15, -0.1) is 0 Å². The molecule has 1 aromatic carbocycles. The van der Waals surface area contributed by atoms with Crippen LogP contribution in [0.1, 0.15) is 59.0 Å². The van der Waals surface area contributed by atoms with E-state index < -0.39 is 23.7 Å². The van der Waals surface area contributed by atoms with Gasteiger partial charge in [-0.25, -0.2) is 23.1 Å². The lowest BCUT2D eigenvalue weighted by Crippen LogP contribution is -2.65. The van der Waals surface area contributed by atoms with Crippen LogP contribution in [-0.4, -0.2) is 71.6 Å². The summed E-state index contributed by atoms with van der Waals surface area (Å²) in [6.45, 7) is 4.58. The lowest BCUT2D eigenvalue weighted by Gasteiger charge is -2.58. The number of likely N-dealkylation sites (tertiary alicyclic amines) is 1. The lowest BCUT2D eigenvalue weighted by molar-refractivity contribution is -0.103. The lowest BCUT2D eigenvalue weighted by atomic mass is 9.61. The van der Waals surface area contributed by atoms with Crippen LogP contribution in [0.4, 0.5) is 13.2 Å². The van der Waals surface area contributed by atoms with E-state index in [0.29, 0.717) is 68.0 Å². The number of carbonyl (C=O) groups excluding carboxylic acids is 2. The van der Waals surface area contributed by atoms with Gasteiger partial charge in [-0.3, -0.25) is 9.59 Å². The van der Waals surface area contributed by atoms with Crippen LogP contribution in [0.3, 0.4) is 0 Å². The van der Waals surface area contributed by atoms with E-state index in [2.05, 4.69) is 20.6 Å². The molecule has 12 heteroatoms. The van der Waals surface area contributed by atoms with Crippen LogP contribution >= 0.6 is 0 Å². The van der Waals surface area contributed by atoms with Gasteiger partial charge in [0.15, 0.2) is 11.4 Å². The molecule has 1 atom stereocenters. The Morgan fingerprint density at radius 3 is 2.72 bits per heavy atom. The quantitative estimate of drug-likeness (QED) is 0.378. The first kappa shape index (κ1) is 28.9. The van der Waals surface area contributed by atoms with Gasteiger partial charge in [-0.2, -0.15) is 0 Å². The summed E-state index contributed by atoms with van der Waals surface area (Å²) in [7, 11) is 0. The van der Waals surface area contributed by atoms with Crippen LogP contribution < -0.4 is 20.1 Å². The minimum Gasteiger partial charge on any atom is -0.488 e. The van der Waals surface area contributed by atoms with Crippen LogP contribution in [0.2, 0.25) is 0 Å². The molecule has 1 spiro atoms. The SMILES string of the molecule is CCOc1ncccc1-c1ccc(OC2CC3(C2)CN(C(=O)c2ccc(F)cc2C(F)F)C3)c(C(=O)NC2CCNC2)n1. The molecule has 1 aliphatic carbocycles. The predicted molar refractivity (Wildman–Crippen MR) is 151 cm³/mol. The Morgan fingerprint density at radius 1 is 1.19 bits per heavy atom. The topological polar surface area (TPSA) is 106 Å². The summed E-state index contributed by atoms with van der Waals surface area (Å²) < 4.78 is 52.3. The zero-order valence-electron chi connectivity index (χ0n) is 23.6. The van der Waals surface area contributed by atoms with E-state index in [1.807, 2.05) is 13.0 Å². The van der Waals surface area contributed by atoms with Crippen molar-refractivity contribution in [1.29, 1.82) is 0 Å². The zero-order valence-corrected chi connectivity index (χ0v) is 23.6. The van der Waals surface area contributed by atoms with Crippen molar-refractivity contribution in [2.45, 2.75) is 44.8 Å². The van der Waals surface area contributed by atoms with Crippen LogP contribution in [0.25, 0.3) is 11.3 Å². The van der Waals surface area contributed by atoms with E-state index in [-0.39, 0.29) is 34.7 Å². The molecule has 43 heavy (non-hydrogen) atoms. The van der Waals surface area contributed by atoms with Crippen LogP contribution in [0, 0.1) is 11.2 Å². The largest absolute Gasteiger partial charge is 0.488 e. The third kappa shape index (κ3) is 5.88. The molecule has 2 saturated heterocycles. The van der Waals surface area contributed by atoms with Gasteiger partial charge in [0, 0.05) is 48.4 Å². The van der Waals surface area contributed by atoms with Gasteiger partial charge in [0.2, 0.25) is 5.88 Å². The van der Waals surface area contributed by atoms with Gasteiger partial charge < -0.3 is 25.0 Å². The number of alkyl halides is 2. The van der Waals surface area contributed by atoms with E-state index in [9.17, 15) is 22.8 Å². The second-order valence-electron chi connectivity index (χ2n) is 11.3. The highest BCUT2D eigenvalue weighted by Gasteiger charge is 2.55. The molecular formula is C31H32F3N5O4. The van der Waals surface area contributed by atoms with Crippen molar-refractivity contribution in [3.63, 3.8) is 0 Å². The van der Waals surface area contributed by atoms with Crippen molar-refractivity contribution in [1.82, 2.24) is 25.5 Å². The van der Waals surface area contributed by atoms with Gasteiger partial charge in [0.1, 0.15) is 11.9 Å². The fourth-order valence-corrected chi connectivity index (χ4v) is 6.14. The molecule has 1 unspecified atom stereocenters. The van der Waals surface area contributed by atoms with E-state index >= 15 is 0 Å². The Bertz CT molecular complexity index is 1520. The second kappa shape index (κ2) is 11.8. The first-order valence-corrected chi connectivity index (χ1v) is 14.4. The standard InChI is InChI=1S/C31H32F3N5O4/c1-2-42-29-22(4-3-10-36-29)24-7-8-25(26(38-24)28(40)37-19-9-11-35-15-19)43-20-13-31(14-20)16-39(17-31)30(41)21-6-5-18(32)12-23(21)27(33)34/h3-8,10,12,19-20,27,35H,2,9,11,13-17H2,1H3,(H,37,40). The van der Waals surface area contributed by atoms with Crippen LogP contribution in [0.15, 0.2) is 48.7 Å². The van der Waals surface area contributed by atoms with Crippen molar-refractivity contribution in [3.8, 4) is 22.9 Å². The molecule has 2 aliphatic heterocycles. The maximum absolute atomic E-state index is 13.5. The number of amides is 2. The average Bonchev–Trinajstić information content (AvgIpc) is 3.47. The Morgan fingerprint density at radius 2 is 2.00 bits per heavy atom. The number of halogens is 3. The second-order valence-corrected chi connectivity index (χ2v) is 11.3. The fraction of sp³-hybridized carbons (Fsp3) is 0.419. The third-order valence-electron chi connectivity index (χ3n) is 8.23. The molecule has 1 saturated carbocycles. The molecule has 0 bridgehead atoms. The molecule has 226 valence electrons. The highest BCUT2D eigenvalue weighted by molar-refractivity contribution is 5.97. The summed E-state index contributed by atoms with van der Waals surface area (Å²) in [5.74, 6) is -0.905. The van der Waals surface area contributed by atoms with Crippen molar-refractivity contribution in [2.24, 2.45) is 5.41 Å². The van der Waals surface area contributed by atoms with E-state index in [1.54, 1.807) is 24.4 Å². The number of aromatic nitrogens is 2. The molecule has 0 radical (unpaired) electrons. The number of ether oxygens (including phenoxy) is 2. The van der Waals surface area contributed by atoms with Crippen molar-refractivity contribution in [2.75, 3.05) is 32.8 Å².